The number of halogens is 1. The summed E-state index contributed by atoms with van der Waals surface area (Å²) in [6, 6.07) is 18.4. The maximum atomic E-state index is 13.0. The van der Waals surface area contributed by atoms with Gasteiger partial charge >= 0.3 is 11.9 Å². The molecular weight excluding hydrogens is 458 g/mol. The summed E-state index contributed by atoms with van der Waals surface area (Å²) >= 11 is 5.87. The van der Waals surface area contributed by atoms with Crippen molar-refractivity contribution in [2.75, 3.05) is 5.32 Å². The predicted molar refractivity (Wildman–Crippen MR) is 128 cm³/mol. The summed E-state index contributed by atoms with van der Waals surface area (Å²) in [5.74, 6) is -1.98. The number of nitrogens with one attached hydrogen (secondary N) is 2. The Morgan fingerprint density at radius 3 is 2.53 bits per heavy atom. The van der Waals surface area contributed by atoms with E-state index in [4.69, 9.17) is 16.3 Å². The van der Waals surface area contributed by atoms with E-state index >= 15 is 0 Å². The quantitative estimate of drug-likeness (QED) is 0.316. The second-order valence-corrected chi connectivity index (χ2v) is 7.85. The van der Waals surface area contributed by atoms with Crippen molar-refractivity contribution in [3.05, 3.63) is 82.9 Å². The lowest BCUT2D eigenvalue weighted by Gasteiger charge is -2.17. The normalized spacial score (nSPS) is 11.7. The van der Waals surface area contributed by atoms with E-state index in [2.05, 4.69) is 15.3 Å². The zero-order valence-electron chi connectivity index (χ0n) is 18.0. The molecule has 1 aromatic heterocycles. The standard InChI is InChI=1S/C25H20ClN3O5/c1-2-21(23(30)27-14-11-12-18(26)17(13-14)24(31)32)34-25(33)16-8-4-3-7-15(16)22-28-19-9-5-6-10-20(19)29-22/h3-13,21H,2H2,1H3,(H,27,30)(H,28,29)(H,31,32). The number of carbonyl (C=O) groups is 3. The summed E-state index contributed by atoms with van der Waals surface area (Å²) in [6.45, 7) is 1.70. The van der Waals surface area contributed by atoms with Crippen LogP contribution in [0.2, 0.25) is 5.02 Å². The number of carboxylic acids is 1. The van der Waals surface area contributed by atoms with Crippen molar-refractivity contribution in [1.29, 1.82) is 0 Å². The highest BCUT2D eigenvalue weighted by Gasteiger charge is 2.25. The Kier molecular flexibility index (Phi) is 6.60. The molecule has 1 amide bonds. The average molecular weight is 478 g/mol. The molecule has 34 heavy (non-hydrogen) atoms. The number of hydrogen-bond acceptors (Lipinski definition) is 5. The van der Waals surface area contributed by atoms with E-state index < -0.39 is 23.9 Å². The van der Waals surface area contributed by atoms with Gasteiger partial charge < -0.3 is 20.1 Å². The van der Waals surface area contributed by atoms with Gasteiger partial charge in [0.15, 0.2) is 6.10 Å². The molecule has 0 aliphatic heterocycles. The highest BCUT2D eigenvalue weighted by molar-refractivity contribution is 6.33. The van der Waals surface area contributed by atoms with Gasteiger partial charge in [-0.15, -0.1) is 0 Å². The molecule has 0 aliphatic carbocycles. The van der Waals surface area contributed by atoms with Gasteiger partial charge in [0.1, 0.15) is 5.82 Å². The van der Waals surface area contributed by atoms with Gasteiger partial charge in [-0.2, -0.15) is 0 Å². The molecule has 0 spiro atoms. The summed E-state index contributed by atoms with van der Waals surface area (Å²) in [4.78, 5) is 44.8. The number of aromatic amines is 1. The molecule has 0 saturated carbocycles. The molecule has 0 saturated heterocycles. The van der Waals surface area contributed by atoms with Crippen LogP contribution in [0, 0.1) is 0 Å². The lowest BCUT2D eigenvalue weighted by Crippen LogP contribution is -2.32. The molecule has 1 unspecified atom stereocenters. The minimum absolute atomic E-state index is 0.0474. The van der Waals surface area contributed by atoms with Crippen molar-refractivity contribution >= 4 is 46.2 Å². The number of aromatic carboxylic acids is 1. The minimum atomic E-state index is -1.22. The maximum Gasteiger partial charge on any atom is 0.339 e. The van der Waals surface area contributed by atoms with Crippen molar-refractivity contribution < 1.29 is 24.2 Å². The number of hydrogen-bond donors (Lipinski definition) is 3. The van der Waals surface area contributed by atoms with Crippen molar-refractivity contribution in [2.24, 2.45) is 0 Å². The topological polar surface area (TPSA) is 121 Å². The first-order valence-corrected chi connectivity index (χ1v) is 10.8. The molecule has 9 heteroatoms. The van der Waals surface area contributed by atoms with E-state index in [0.29, 0.717) is 11.4 Å². The molecule has 4 aromatic rings. The Morgan fingerprint density at radius 2 is 1.79 bits per heavy atom. The Hall–Kier alpha value is -4.17. The van der Waals surface area contributed by atoms with E-state index in [9.17, 15) is 19.5 Å². The highest BCUT2D eigenvalue weighted by Crippen LogP contribution is 2.25. The van der Waals surface area contributed by atoms with E-state index in [1.54, 1.807) is 31.2 Å². The molecule has 0 bridgehead atoms. The first-order chi connectivity index (χ1) is 16.4. The Labute approximate surface area is 199 Å². The molecule has 3 aromatic carbocycles. The van der Waals surface area contributed by atoms with E-state index in [1.165, 1.54) is 18.2 Å². The van der Waals surface area contributed by atoms with Gasteiger partial charge in [-0.25, -0.2) is 14.6 Å². The lowest BCUT2D eigenvalue weighted by molar-refractivity contribution is -0.124. The van der Waals surface area contributed by atoms with Crippen molar-refractivity contribution in [2.45, 2.75) is 19.4 Å². The third kappa shape index (κ3) is 4.77. The number of rotatable bonds is 7. The number of benzene rings is 3. The molecular formula is C25H20ClN3O5. The smallest absolute Gasteiger partial charge is 0.339 e. The fraction of sp³-hybridized carbons (Fsp3) is 0.120. The molecule has 0 radical (unpaired) electrons. The number of nitrogens with zero attached hydrogens (tertiary/aromatic N) is 1. The first kappa shape index (κ1) is 23.0. The van der Waals surface area contributed by atoms with Crippen molar-refractivity contribution in [3.63, 3.8) is 0 Å². The zero-order valence-corrected chi connectivity index (χ0v) is 18.8. The number of amides is 1. The summed E-state index contributed by atoms with van der Waals surface area (Å²) in [6.07, 6.45) is -0.885. The van der Waals surface area contributed by atoms with Gasteiger partial charge in [-0.1, -0.05) is 48.9 Å². The van der Waals surface area contributed by atoms with Crippen LogP contribution in [-0.2, 0) is 9.53 Å². The van der Waals surface area contributed by atoms with Crippen LogP contribution in [0.1, 0.15) is 34.1 Å². The summed E-state index contributed by atoms with van der Waals surface area (Å²) in [5, 5.41) is 11.8. The van der Waals surface area contributed by atoms with Crippen molar-refractivity contribution in [1.82, 2.24) is 9.97 Å². The minimum Gasteiger partial charge on any atom is -0.478 e. The summed E-state index contributed by atoms with van der Waals surface area (Å²) < 4.78 is 5.52. The average Bonchev–Trinajstić information content (AvgIpc) is 3.27. The highest BCUT2D eigenvalue weighted by atomic mass is 35.5. The molecule has 4 rings (SSSR count). The van der Waals surface area contributed by atoms with Crippen LogP contribution in [-0.4, -0.2) is 39.0 Å². The number of carbonyl (C=O) groups excluding carboxylic acids is 2. The fourth-order valence-electron chi connectivity index (χ4n) is 3.45. The van der Waals surface area contributed by atoms with Gasteiger partial charge in [-0.05, 0) is 42.8 Å². The van der Waals surface area contributed by atoms with E-state index in [-0.39, 0.29) is 28.3 Å². The number of carboxylic acid groups (broad SMARTS) is 1. The van der Waals surface area contributed by atoms with Crippen LogP contribution >= 0.6 is 11.6 Å². The van der Waals surface area contributed by atoms with Crippen LogP contribution in [0.4, 0.5) is 5.69 Å². The summed E-state index contributed by atoms with van der Waals surface area (Å²) in [7, 11) is 0. The number of anilines is 1. The van der Waals surface area contributed by atoms with Crippen LogP contribution in [0.3, 0.4) is 0 Å². The molecule has 0 fully saturated rings. The van der Waals surface area contributed by atoms with E-state index in [0.717, 1.165) is 11.0 Å². The number of ether oxygens (including phenoxy) is 1. The number of esters is 1. The Morgan fingerprint density at radius 1 is 1.06 bits per heavy atom. The fourth-order valence-corrected chi connectivity index (χ4v) is 3.65. The number of fused-ring (bicyclic) bond motifs is 1. The second kappa shape index (κ2) is 9.76. The number of para-hydroxylation sites is 2. The SMILES string of the molecule is CCC(OC(=O)c1ccccc1-c1nc2ccccc2[nH]1)C(=O)Nc1ccc(Cl)c(C(=O)O)c1. The number of H-pyrrole nitrogens is 1. The molecule has 0 aliphatic rings. The zero-order chi connectivity index (χ0) is 24.2. The molecule has 1 heterocycles. The van der Waals surface area contributed by atoms with E-state index in [1.807, 2.05) is 24.3 Å². The molecule has 3 N–H and O–H groups in total. The predicted octanol–water partition coefficient (Wildman–Crippen LogP) is 5.16. The first-order valence-electron chi connectivity index (χ1n) is 10.5. The number of aromatic nitrogens is 2. The Balaban J connectivity index is 1.54. The van der Waals surface area contributed by atoms with Crippen LogP contribution < -0.4 is 5.32 Å². The third-order valence-corrected chi connectivity index (χ3v) is 5.50. The monoisotopic (exact) mass is 477 g/mol. The van der Waals surface area contributed by atoms with Crippen molar-refractivity contribution in [3.8, 4) is 11.4 Å². The molecule has 1 atom stereocenters. The maximum absolute atomic E-state index is 13.0. The van der Waals surface area contributed by atoms with Gasteiger partial charge in [-0.3, -0.25) is 4.79 Å². The van der Waals surface area contributed by atoms with Crippen LogP contribution in [0.15, 0.2) is 66.7 Å². The second-order valence-electron chi connectivity index (χ2n) is 7.44. The third-order valence-electron chi connectivity index (χ3n) is 5.17. The van der Waals surface area contributed by atoms with Crippen LogP contribution in [0.25, 0.3) is 22.4 Å². The van der Waals surface area contributed by atoms with Gasteiger partial charge in [0, 0.05) is 11.3 Å². The largest absolute Gasteiger partial charge is 0.478 e. The van der Waals surface area contributed by atoms with Gasteiger partial charge in [0.25, 0.3) is 5.91 Å². The summed E-state index contributed by atoms with van der Waals surface area (Å²) in [5.41, 5.74) is 2.47. The molecule has 8 nitrogen and oxygen atoms in total. The van der Waals surface area contributed by atoms with Gasteiger partial charge in [0.2, 0.25) is 0 Å². The lowest BCUT2D eigenvalue weighted by atomic mass is 10.1. The number of imidazole rings is 1. The molecule has 172 valence electrons. The Bertz CT molecular complexity index is 1370. The van der Waals surface area contributed by atoms with Crippen LogP contribution in [0.5, 0.6) is 0 Å². The van der Waals surface area contributed by atoms with Gasteiger partial charge in [0.05, 0.1) is 27.2 Å².